The van der Waals surface area contributed by atoms with Gasteiger partial charge in [-0.25, -0.2) is 10.2 Å². The molecule has 3 aromatic carbocycles. The predicted molar refractivity (Wildman–Crippen MR) is 172 cm³/mol. The topological polar surface area (TPSA) is 129 Å². The van der Waals surface area contributed by atoms with Gasteiger partial charge in [0.15, 0.2) is 29.0 Å². The molecule has 5 rings (SSSR count). The van der Waals surface area contributed by atoms with Gasteiger partial charge in [-0.1, -0.05) is 47.5 Å². The van der Waals surface area contributed by atoms with E-state index >= 15 is 0 Å². The first kappa shape index (κ1) is 31.9. The van der Waals surface area contributed by atoms with Crippen molar-refractivity contribution in [3.05, 3.63) is 92.6 Å². The van der Waals surface area contributed by atoms with Gasteiger partial charge in [-0.15, -0.1) is 0 Å². The molecule has 11 nitrogen and oxygen atoms in total. The smallest absolute Gasteiger partial charge is 0.338 e. The second-order valence-corrected chi connectivity index (χ2v) is 10.9. The number of allylic oxidation sites excluding steroid dienone is 1. The molecule has 1 amide bonds. The van der Waals surface area contributed by atoms with Crippen LogP contribution in [0.3, 0.4) is 0 Å². The SMILES string of the molecule is CCOC(=O)C1=C(C)NC(=S)N[C@H]1c1ccccc1OCC(=O)NN=Cc1cc(Cl)c(OCc2ccc3c(c2)OCO3)c(Cl)c1. The molecule has 0 saturated heterocycles. The molecule has 2 heterocycles. The van der Waals surface area contributed by atoms with Crippen molar-refractivity contribution >= 4 is 58.6 Å². The number of carbonyl (C=O) groups is 2. The Morgan fingerprint density at radius 1 is 1.09 bits per heavy atom. The number of amides is 1. The van der Waals surface area contributed by atoms with Crippen LogP contribution in [0.4, 0.5) is 0 Å². The molecule has 2 aliphatic rings. The summed E-state index contributed by atoms with van der Waals surface area (Å²) in [6, 6.07) is 15.1. The Morgan fingerprint density at radius 3 is 2.62 bits per heavy atom. The summed E-state index contributed by atoms with van der Waals surface area (Å²) in [5.74, 6) is 1.00. The van der Waals surface area contributed by atoms with Crippen LogP contribution < -0.4 is 35.0 Å². The molecule has 45 heavy (non-hydrogen) atoms. The number of carbonyl (C=O) groups excluding carboxylic acids is 2. The summed E-state index contributed by atoms with van der Waals surface area (Å²) in [5.41, 5.74) is 5.33. The highest BCUT2D eigenvalue weighted by Crippen LogP contribution is 2.37. The molecular weight excluding hydrogens is 643 g/mol. The highest BCUT2D eigenvalue weighted by Gasteiger charge is 2.32. The highest BCUT2D eigenvalue weighted by molar-refractivity contribution is 7.80. The average molecular weight is 672 g/mol. The Labute approximate surface area is 274 Å². The summed E-state index contributed by atoms with van der Waals surface area (Å²) in [6.45, 7) is 3.72. The molecule has 0 aliphatic carbocycles. The number of rotatable bonds is 11. The fraction of sp³-hybridized carbons (Fsp3) is 0.226. The number of ether oxygens (including phenoxy) is 5. The number of esters is 1. The zero-order chi connectivity index (χ0) is 31.9. The first-order valence-corrected chi connectivity index (χ1v) is 14.9. The number of benzene rings is 3. The van der Waals surface area contributed by atoms with Crippen molar-refractivity contribution in [1.29, 1.82) is 0 Å². The van der Waals surface area contributed by atoms with E-state index in [0.717, 1.165) is 5.56 Å². The van der Waals surface area contributed by atoms with Gasteiger partial charge in [0.2, 0.25) is 6.79 Å². The molecule has 2 aliphatic heterocycles. The molecule has 3 N–H and O–H groups in total. The molecule has 1 atom stereocenters. The zero-order valence-corrected chi connectivity index (χ0v) is 26.5. The normalized spacial score (nSPS) is 15.4. The maximum atomic E-state index is 12.7. The number of nitrogens with zero attached hydrogens (tertiary/aromatic N) is 1. The van der Waals surface area contributed by atoms with Crippen LogP contribution in [0.25, 0.3) is 0 Å². The zero-order valence-electron chi connectivity index (χ0n) is 24.1. The summed E-state index contributed by atoms with van der Waals surface area (Å²) < 4.78 is 27.6. The summed E-state index contributed by atoms with van der Waals surface area (Å²) in [4.78, 5) is 25.3. The largest absolute Gasteiger partial charge is 0.486 e. The molecule has 234 valence electrons. The van der Waals surface area contributed by atoms with E-state index in [2.05, 4.69) is 21.2 Å². The fourth-order valence-corrected chi connectivity index (χ4v) is 5.47. The first-order valence-electron chi connectivity index (χ1n) is 13.7. The van der Waals surface area contributed by atoms with E-state index in [9.17, 15) is 9.59 Å². The van der Waals surface area contributed by atoms with E-state index in [-0.39, 0.29) is 36.7 Å². The van der Waals surface area contributed by atoms with Gasteiger partial charge in [0.05, 0.1) is 34.5 Å². The third-order valence-corrected chi connectivity index (χ3v) is 7.38. The monoisotopic (exact) mass is 670 g/mol. The van der Waals surface area contributed by atoms with E-state index in [1.807, 2.05) is 18.2 Å². The van der Waals surface area contributed by atoms with Gasteiger partial charge in [0.25, 0.3) is 5.91 Å². The minimum Gasteiger partial charge on any atom is -0.486 e. The standard InChI is InChI=1S/C31H28Cl2N4O7S/c1-3-40-30(39)27-17(2)35-31(45)36-28(27)20-6-4-5-7-23(20)41-15-26(38)37-34-13-19-10-21(32)29(22(33)11-19)42-14-18-8-9-24-25(12-18)44-16-43-24/h4-13,28H,3,14-16H2,1-2H3,(H,37,38)(H2,35,36,45)/t28-/m0/s1. The number of para-hydroxylation sites is 1. The summed E-state index contributed by atoms with van der Waals surface area (Å²) in [5, 5.41) is 10.9. The first-order chi connectivity index (χ1) is 21.7. The van der Waals surface area contributed by atoms with Crippen LogP contribution in [-0.4, -0.2) is 43.2 Å². The van der Waals surface area contributed by atoms with Gasteiger partial charge < -0.3 is 34.3 Å². The van der Waals surface area contributed by atoms with Crippen LogP contribution in [0.5, 0.6) is 23.0 Å². The third-order valence-electron chi connectivity index (χ3n) is 6.60. The van der Waals surface area contributed by atoms with Gasteiger partial charge in [-0.05, 0) is 67.5 Å². The van der Waals surface area contributed by atoms with Crippen LogP contribution in [0.1, 0.15) is 36.6 Å². The Balaban J connectivity index is 1.18. The molecule has 0 radical (unpaired) electrons. The predicted octanol–water partition coefficient (Wildman–Crippen LogP) is 5.19. The highest BCUT2D eigenvalue weighted by atomic mass is 35.5. The maximum Gasteiger partial charge on any atom is 0.338 e. The summed E-state index contributed by atoms with van der Waals surface area (Å²) >= 11 is 18.2. The molecule has 0 fully saturated rings. The lowest BCUT2D eigenvalue weighted by atomic mass is 9.95. The second-order valence-electron chi connectivity index (χ2n) is 9.70. The quantitative estimate of drug-likeness (QED) is 0.109. The molecule has 0 unspecified atom stereocenters. The molecule has 0 aromatic heterocycles. The molecule has 0 bridgehead atoms. The molecule has 0 spiro atoms. The number of thiocarbonyl (C=S) groups is 1. The molecule has 3 aromatic rings. The Morgan fingerprint density at radius 2 is 1.84 bits per heavy atom. The van der Waals surface area contributed by atoms with Crippen LogP contribution >= 0.6 is 35.4 Å². The maximum absolute atomic E-state index is 12.7. The Bertz CT molecular complexity index is 1680. The van der Waals surface area contributed by atoms with Crippen molar-refractivity contribution in [2.45, 2.75) is 26.5 Å². The number of hydrogen-bond acceptors (Lipinski definition) is 9. The van der Waals surface area contributed by atoms with Crippen LogP contribution in [-0.2, 0) is 20.9 Å². The van der Waals surface area contributed by atoms with Crippen molar-refractivity contribution < 1.29 is 33.3 Å². The molecule has 0 saturated carbocycles. The molecular formula is C31H28Cl2N4O7S. The molecule has 14 heteroatoms. The number of nitrogens with one attached hydrogen (secondary N) is 3. The third kappa shape index (κ3) is 7.77. The van der Waals surface area contributed by atoms with Gasteiger partial charge in [-0.3, -0.25) is 4.79 Å². The van der Waals surface area contributed by atoms with Gasteiger partial charge >= 0.3 is 5.97 Å². The van der Waals surface area contributed by atoms with Crippen LogP contribution in [0.2, 0.25) is 10.0 Å². The second kappa shape index (κ2) is 14.5. The minimum absolute atomic E-state index is 0.185. The minimum atomic E-state index is -0.645. The lowest BCUT2D eigenvalue weighted by Gasteiger charge is -2.30. The Kier molecular flexibility index (Phi) is 10.3. The van der Waals surface area contributed by atoms with E-state index in [1.54, 1.807) is 50.2 Å². The number of halogens is 2. The van der Waals surface area contributed by atoms with E-state index in [1.165, 1.54) is 6.21 Å². The van der Waals surface area contributed by atoms with Crippen LogP contribution in [0.15, 0.2) is 71.0 Å². The average Bonchev–Trinajstić information content (AvgIpc) is 3.47. The van der Waals surface area contributed by atoms with Crippen LogP contribution in [0, 0.1) is 0 Å². The van der Waals surface area contributed by atoms with E-state index < -0.39 is 17.9 Å². The van der Waals surface area contributed by atoms with Crippen molar-refractivity contribution in [2.75, 3.05) is 20.0 Å². The van der Waals surface area contributed by atoms with E-state index in [0.29, 0.717) is 50.5 Å². The number of hydrogen-bond donors (Lipinski definition) is 3. The van der Waals surface area contributed by atoms with Gasteiger partial charge in [-0.2, -0.15) is 5.10 Å². The fourth-order valence-electron chi connectivity index (χ4n) is 4.59. The lowest BCUT2D eigenvalue weighted by molar-refractivity contribution is -0.139. The summed E-state index contributed by atoms with van der Waals surface area (Å²) in [7, 11) is 0. The summed E-state index contributed by atoms with van der Waals surface area (Å²) in [6.07, 6.45) is 1.39. The van der Waals surface area contributed by atoms with Crippen molar-refractivity contribution in [3.63, 3.8) is 0 Å². The van der Waals surface area contributed by atoms with Gasteiger partial charge in [0, 0.05) is 11.3 Å². The number of hydrazone groups is 1. The lowest BCUT2D eigenvalue weighted by Crippen LogP contribution is -2.45. The Hall–Kier alpha value is -4.52. The van der Waals surface area contributed by atoms with Gasteiger partial charge in [0.1, 0.15) is 12.4 Å². The van der Waals surface area contributed by atoms with Crippen molar-refractivity contribution in [3.8, 4) is 23.0 Å². The van der Waals surface area contributed by atoms with E-state index in [4.69, 9.17) is 59.1 Å². The van der Waals surface area contributed by atoms with Crippen molar-refractivity contribution in [1.82, 2.24) is 16.1 Å². The van der Waals surface area contributed by atoms with Crippen molar-refractivity contribution in [2.24, 2.45) is 5.10 Å². The number of fused-ring (bicyclic) bond motifs is 1.